The molecule has 4 heteroatoms. The zero-order valence-electron chi connectivity index (χ0n) is 15.2. The molecule has 4 rings (SSSR count). The maximum Gasteiger partial charge on any atom is 0.163 e. The minimum atomic E-state index is 0.778. The Labute approximate surface area is 154 Å². The highest BCUT2D eigenvalue weighted by atomic mass is 15.2. The van der Waals surface area contributed by atoms with Crippen molar-refractivity contribution in [1.82, 2.24) is 9.97 Å². The Balaban J connectivity index is 1.69. The molecule has 0 atom stereocenters. The molecule has 0 saturated heterocycles. The van der Waals surface area contributed by atoms with E-state index < -0.39 is 0 Å². The first kappa shape index (κ1) is 16.6. The van der Waals surface area contributed by atoms with E-state index in [0.717, 1.165) is 55.5 Å². The van der Waals surface area contributed by atoms with Gasteiger partial charge in [-0.15, -0.1) is 0 Å². The second kappa shape index (κ2) is 7.56. The van der Waals surface area contributed by atoms with Gasteiger partial charge in [0.1, 0.15) is 11.6 Å². The molecule has 1 aliphatic heterocycles. The van der Waals surface area contributed by atoms with E-state index in [-0.39, 0.29) is 0 Å². The van der Waals surface area contributed by atoms with Crippen molar-refractivity contribution in [3.63, 3.8) is 0 Å². The monoisotopic (exact) mass is 344 g/mol. The standard InChI is InChI=1S/C22H24N4/c1-2-13-23-20-15-21(25-22(24-20)18-9-4-3-5-10-18)26-14-12-17-8-6-7-11-19(17)16-26/h3-11,15H,2,12-14,16H2,1H3,(H,23,24,25). The van der Waals surface area contributed by atoms with Crippen LogP contribution in [0, 0.1) is 0 Å². The molecule has 0 bridgehead atoms. The molecule has 132 valence electrons. The quantitative estimate of drug-likeness (QED) is 0.738. The number of nitrogens with zero attached hydrogens (tertiary/aromatic N) is 3. The Morgan fingerprint density at radius 3 is 2.54 bits per heavy atom. The number of benzene rings is 2. The number of nitrogens with one attached hydrogen (secondary N) is 1. The predicted octanol–water partition coefficient (Wildman–Crippen LogP) is 4.53. The summed E-state index contributed by atoms with van der Waals surface area (Å²) in [6.45, 7) is 4.95. The highest BCUT2D eigenvalue weighted by Gasteiger charge is 2.19. The van der Waals surface area contributed by atoms with Crippen molar-refractivity contribution in [1.29, 1.82) is 0 Å². The average molecular weight is 344 g/mol. The zero-order chi connectivity index (χ0) is 17.8. The Morgan fingerprint density at radius 1 is 0.962 bits per heavy atom. The molecule has 0 saturated carbocycles. The molecule has 0 fully saturated rings. The van der Waals surface area contributed by atoms with Crippen LogP contribution in [-0.2, 0) is 13.0 Å². The van der Waals surface area contributed by atoms with Gasteiger partial charge in [-0.1, -0.05) is 61.5 Å². The highest BCUT2D eigenvalue weighted by Crippen LogP contribution is 2.27. The normalized spacial score (nSPS) is 13.3. The van der Waals surface area contributed by atoms with Gasteiger partial charge in [0.15, 0.2) is 5.82 Å². The zero-order valence-corrected chi connectivity index (χ0v) is 15.2. The molecule has 3 aromatic rings. The third kappa shape index (κ3) is 3.54. The summed E-state index contributed by atoms with van der Waals surface area (Å²) >= 11 is 0. The van der Waals surface area contributed by atoms with Gasteiger partial charge < -0.3 is 10.2 Å². The van der Waals surface area contributed by atoms with E-state index in [0.29, 0.717) is 0 Å². The van der Waals surface area contributed by atoms with Crippen molar-refractivity contribution in [2.45, 2.75) is 26.3 Å². The van der Waals surface area contributed by atoms with E-state index in [1.807, 2.05) is 18.2 Å². The van der Waals surface area contributed by atoms with E-state index in [4.69, 9.17) is 9.97 Å². The molecule has 2 heterocycles. The van der Waals surface area contributed by atoms with Crippen molar-refractivity contribution in [3.05, 3.63) is 71.8 Å². The van der Waals surface area contributed by atoms with Crippen LogP contribution >= 0.6 is 0 Å². The van der Waals surface area contributed by atoms with Crippen molar-refractivity contribution in [2.75, 3.05) is 23.3 Å². The summed E-state index contributed by atoms with van der Waals surface area (Å²) in [5.74, 6) is 2.67. The van der Waals surface area contributed by atoms with Crippen LogP contribution in [0.1, 0.15) is 24.5 Å². The first-order valence-corrected chi connectivity index (χ1v) is 9.33. The van der Waals surface area contributed by atoms with E-state index in [1.54, 1.807) is 0 Å². The lowest BCUT2D eigenvalue weighted by atomic mass is 10.00. The predicted molar refractivity (Wildman–Crippen MR) is 107 cm³/mol. The lowest BCUT2D eigenvalue weighted by Gasteiger charge is -2.30. The minimum absolute atomic E-state index is 0.778. The van der Waals surface area contributed by atoms with Gasteiger partial charge in [0.05, 0.1) is 0 Å². The summed E-state index contributed by atoms with van der Waals surface area (Å²) in [6, 6.07) is 21.0. The molecule has 0 unspecified atom stereocenters. The average Bonchev–Trinajstić information content (AvgIpc) is 2.72. The summed E-state index contributed by atoms with van der Waals surface area (Å²) in [6.07, 6.45) is 2.12. The molecule has 0 aliphatic carbocycles. The largest absolute Gasteiger partial charge is 0.370 e. The number of fused-ring (bicyclic) bond motifs is 1. The Kier molecular flexibility index (Phi) is 4.82. The van der Waals surface area contributed by atoms with E-state index >= 15 is 0 Å². The summed E-state index contributed by atoms with van der Waals surface area (Å²) in [7, 11) is 0. The summed E-state index contributed by atoms with van der Waals surface area (Å²) in [5, 5.41) is 3.43. The van der Waals surface area contributed by atoms with Gasteiger partial charge in [-0.2, -0.15) is 0 Å². The van der Waals surface area contributed by atoms with Crippen molar-refractivity contribution in [3.8, 4) is 11.4 Å². The number of anilines is 2. The minimum Gasteiger partial charge on any atom is -0.370 e. The fourth-order valence-electron chi connectivity index (χ4n) is 3.35. The summed E-state index contributed by atoms with van der Waals surface area (Å²) in [4.78, 5) is 12.0. The van der Waals surface area contributed by atoms with Crippen LogP contribution < -0.4 is 10.2 Å². The van der Waals surface area contributed by atoms with Crippen LogP contribution in [0.15, 0.2) is 60.7 Å². The molecule has 4 nitrogen and oxygen atoms in total. The smallest absolute Gasteiger partial charge is 0.163 e. The molecular weight excluding hydrogens is 320 g/mol. The molecule has 0 spiro atoms. The Bertz CT molecular complexity index is 876. The first-order chi connectivity index (χ1) is 12.8. The van der Waals surface area contributed by atoms with Crippen molar-refractivity contribution in [2.24, 2.45) is 0 Å². The van der Waals surface area contributed by atoms with Crippen LogP contribution in [0.2, 0.25) is 0 Å². The summed E-state index contributed by atoms with van der Waals surface area (Å²) in [5.41, 5.74) is 3.89. The maximum atomic E-state index is 4.88. The lowest BCUT2D eigenvalue weighted by molar-refractivity contribution is 0.720. The molecule has 1 N–H and O–H groups in total. The number of rotatable bonds is 5. The van der Waals surface area contributed by atoms with Crippen molar-refractivity contribution >= 4 is 11.6 Å². The second-order valence-corrected chi connectivity index (χ2v) is 6.67. The van der Waals surface area contributed by atoms with Gasteiger partial charge in [0, 0.05) is 31.3 Å². The summed E-state index contributed by atoms with van der Waals surface area (Å²) < 4.78 is 0. The number of aromatic nitrogens is 2. The van der Waals surface area contributed by atoms with Gasteiger partial charge in [-0.3, -0.25) is 0 Å². The molecule has 0 amide bonds. The molecule has 1 aliphatic rings. The van der Waals surface area contributed by atoms with E-state index in [9.17, 15) is 0 Å². The van der Waals surface area contributed by atoms with Crippen LogP contribution in [0.3, 0.4) is 0 Å². The number of hydrogen-bond donors (Lipinski definition) is 1. The lowest BCUT2D eigenvalue weighted by Crippen LogP contribution is -2.31. The fourth-order valence-corrected chi connectivity index (χ4v) is 3.35. The second-order valence-electron chi connectivity index (χ2n) is 6.67. The fraction of sp³-hybridized carbons (Fsp3) is 0.273. The maximum absolute atomic E-state index is 4.88. The van der Waals surface area contributed by atoms with Crippen LogP contribution in [0.5, 0.6) is 0 Å². The first-order valence-electron chi connectivity index (χ1n) is 9.33. The third-order valence-corrected chi connectivity index (χ3v) is 4.76. The molecule has 1 aromatic heterocycles. The molecular formula is C22H24N4. The molecule has 0 radical (unpaired) electrons. The van der Waals surface area contributed by atoms with E-state index in [2.05, 4.69) is 59.6 Å². The highest BCUT2D eigenvalue weighted by molar-refractivity contribution is 5.62. The van der Waals surface area contributed by atoms with Crippen LogP contribution in [-0.4, -0.2) is 23.1 Å². The SMILES string of the molecule is CCCNc1cc(N2CCc3ccccc3C2)nc(-c2ccccc2)n1. The Morgan fingerprint density at radius 2 is 1.73 bits per heavy atom. The van der Waals surface area contributed by atoms with Crippen LogP contribution in [0.25, 0.3) is 11.4 Å². The van der Waals surface area contributed by atoms with E-state index in [1.165, 1.54) is 11.1 Å². The Hall–Kier alpha value is -2.88. The van der Waals surface area contributed by atoms with Gasteiger partial charge >= 0.3 is 0 Å². The molecule has 2 aromatic carbocycles. The molecule has 26 heavy (non-hydrogen) atoms. The third-order valence-electron chi connectivity index (χ3n) is 4.76. The van der Waals surface area contributed by atoms with Crippen molar-refractivity contribution < 1.29 is 0 Å². The number of hydrogen-bond acceptors (Lipinski definition) is 4. The van der Waals surface area contributed by atoms with Crippen LogP contribution in [0.4, 0.5) is 11.6 Å². The van der Waals surface area contributed by atoms with Gasteiger partial charge in [-0.25, -0.2) is 9.97 Å². The topological polar surface area (TPSA) is 41.0 Å². The van der Waals surface area contributed by atoms with Gasteiger partial charge in [-0.05, 0) is 24.0 Å². The van der Waals surface area contributed by atoms with Gasteiger partial charge in [0.25, 0.3) is 0 Å². The van der Waals surface area contributed by atoms with Gasteiger partial charge in [0.2, 0.25) is 0 Å².